The smallest absolute Gasteiger partial charge is 0.309 e. The maximum absolute atomic E-state index is 11.8. The molecule has 2 rings (SSSR count). The number of rotatable bonds is 7. The van der Waals surface area contributed by atoms with Crippen LogP contribution in [0.2, 0.25) is 5.02 Å². The maximum atomic E-state index is 11.8. The molecule has 0 heterocycles. The van der Waals surface area contributed by atoms with Gasteiger partial charge in [0.15, 0.2) is 6.61 Å². The second-order valence-electron chi connectivity index (χ2n) is 5.54. The molecule has 1 N–H and O–H groups in total. The van der Waals surface area contributed by atoms with Gasteiger partial charge in [-0.25, -0.2) is 0 Å². The summed E-state index contributed by atoms with van der Waals surface area (Å²) in [6.07, 6.45) is 0.0674. The highest BCUT2D eigenvalue weighted by Gasteiger charge is 2.09. The first-order valence-corrected chi connectivity index (χ1v) is 8.23. The van der Waals surface area contributed by atoms with Crippen molar-refractivity contribution >= 4 is 29.2 Å². The largest absolute Gasteiger partial charge is 0.493 e. The summed E-state index contributed by atoms with van der Waals surface area (Å²) >= 11 is 5.99. The van der Waals surface area contributed by atoms with Gasteiger partial charge in [-0.05, 0) is 43.2 Å². The minimum atomic E-state index is -0.495. The van der Waals surface area contributed by atoms with Crippen LogP contribution in [0, 0.1) is 13.8 Å². The average Bonchev–Trinajstić information content (AvgIpc) is 2.58. The van der Waals surface area contributed by atoms with Gasteiger partial charge in [-0.2, -0.15) is 0 Å². The Labute approximate surface area is 151 Å². The van der Waals surface area contributed by atoms with Gasteiger partial charge in [0.2, 0.25) is 0 Å². The zero-order valence-corrected chi connectivity index (χ0v) is 14.9. The Bertz CT molecular complexity index is 761. The normalized spacial score (nSPS) is 10.2. The molecule has 0 saturated heterocycles. The Morgan fingerprint density at radius 3 is 2.56 bits per heavy atom. The van der Waals surface area contributed by atoms with Crippen molar-refractivity contribution in [3.05, 3.63) is 58.6 Å². The number of halogens is 1. The van der Waals surface area contributed by atoms with E-state index in [0.717, 1.165) is 16.9 Å². The Kier molecular flexibility index (Phi) is 6.83. The van der Waals surface area contributed by atoms with Crippen molar-refractivity contribution in [1.29, 1.82) is 0 Å². The van der Waals surface area contributed by atoms with E-state index in [9.17, 15) is 9.59 Å². The molecular weight excluding hydrogens is 342 g/mol. The van der Waals surface area contributed by atoms with Crippen LogP contribution in [0.5, 0.6) is 5.75 Å². The number of amides is 1. The summed E-state index contributed by atoms with van der Waals surface area (Å²) in [5, 5.41) is 3.18. The lowest BCUT2D eigenvalue weighted by Gasteiger charge is -2.09. The van der Waals surface area contributed by atoms with E-state index in [4.69, 9.17) is 21.1 Å². The molecule has 0 aliphatic carbocycles. The Morgan fingerprint density at radius 1 is 1.08 bits per heavy atom. The Morgan fingerprint density at radius 2 is 1.84 bits per heavy atom. The fourth-order valence-electron chi connectivity index (χ4n) is 2.05. The van der Waals surface area contributed by atoms with Crippen LogP contribution in [0.1, 0.15) is 17.5 Å². The number of carbonyl (C=O) groups excluding carboxylic acids is 2. The van der Waals surface area contributed by atoms with Gasteiger partial charge in [-0.15, -0.1) is 0 Å². The fourth-order valence-corrected chi connectivity index (χ4v) is 2.23. The number of hydrogen-bond donors (Lipinski definition) is 1. The summed E-state index contributed by atoms with van der Waals surface area (Å²) < 4.78 is 10.5. The van der Waals surface area contributed by atoms with Crippen LogP contribution < -0.4 is 10.1 Å². The molecule has 0 atom stereocenters. The van der Waals surface area contributed by atoms with Gasteiger partial charge in [0.1, 0.15) is 5.75 Å². The van der Waals surface area contributed by atoms with E-state index in [0.29, 0.717) is 10.7 Å². The molecule has 6 heteroatoms. The number of nitrogens with one attached hydrogen (secondary N) is 1. The number of para-hydroxylation sites is 1. The molecule has 0 aromatic heterocycles. The molecule has 25 heavy (non-hydrogen) atoms. The summed E-state index contributed by atoms with van der Waals surface area (Å²) in [6, 6.07) is 12.7. The fraction of sp³-hybridized carbons (Fsp3) is 0.263. The van der Waals surface area contributed by atoms with Crippen LogP contribution in [0.25, 0.3) is 0 Å². The van der Waals surface area contributed by atoms with Crippen molar-refractivity contribution in [2.24, 2.45) is 0 Å². The monoisotopic (exact) mass is 361 g/mol. The molecule has 0 unspecified atom stereocenters. The summed E-state index contributed by atoms with van der Waals surface area (Å²) in [6.45, 7) is 3.64. The molecule has 0 aliphatic heterocycles. The van der Waals surface area contributed by atoms with Crippen LogP contribution in [0.4, 0.5) is 5.69 Å². The minimum Gasteiger partial charge on any atom is -0.493 e. The van der Waals surface area contributed by atoms with E-state index in [-0.39, 0.29) is 19.6 Å². The molecule has 0 saturated carbocycles. The van der Waals surface area contributed by atoms with Gasteiger partial charge >= 0.3 is 5.97 Å². The Hall–Kier alpha value is -2.53. The van der Waals surface area contributed by atoms with E-state index < -0.39 is 11.9 Å². The zero-order valence-electron chi connectivity index (χ0n) is 14.2. The second-order valence-corrected chi connectivity index (χ2v) is 5.94. The number of hydrogen-bond acceptors (Lipinski definition) is 4. The number of aryl methyl sites for hydroxylation is 2. The second kappa shape index (κ2) is 9.08. The van der Waals surface area contributed by atoms with Crippen LogP contribution in [-0.2, 0) is 14.3 Å². The average molecular weight is 362 g/mol. The SMILES string of the molecule is Cc1ccc(NC(=O)COC(=O)CCOc2ccccc2C)cc1Cl. The van der Waals surface area contributed by atoms with Crippen molar-refractivity contribution in [1.82, 2.24) is 0 Å². The van der Waals surface area contributed by atoms with E-state index in [2.05, 4.69) is 5.32 Å². The van der Waals surface area contributed by atoms with Crippen molar-refractivity contribution in [2.75, 3.05) is 18.5 Å². The highest BCUT2D eigenvalue weighted by Crippen LogP contribution is 2.20. The van der Waals surface area contributed by atoms with E-state index in [1.54, 1.807) is 18.2 Å². The molecule has 5 nitrogen and oxygen atoms in total. The molecule has 0 radical (unpaired) electrons. The predicted octanol–water partition coefficient (Wildman–Crippen LogP) is 3.91. The standard InChI is InChI=1S/C19H20ClNO4/c1-13-7-8-15(11-16(13)20)21-18(22)12-25-19(23)9-10-24-17-6-4-3-5-14(17)2/h3-8,11H,9-10,12H2,1-2H3,(H,21,22). The first-order valence-electron chi connectivity index (χ1n) is 7.86. The number of carbonyl (C=O) groups is 2. The van der Waals surface area contributed by atoms with Gasteiger partial charge in [-0.3, -0.25) is 9.59 Å². The number of ether oxygens (including phenoxy) is 2. The molecule has 0 fully saturated rings. The number of benzene rings is 2. The highest BCUT2D eigenvalue weighted by molar-refractivity contribution is 6.31. The molecule has 0 spiro atoms. The summed E-state index contributed by atoms with van der Waals surface area (Å²) in [7, 11) is 0. The topological polar surface area (TPSA) is 64.6 Å². The lowest BCUT2D eigenvalue weighted by Crippen LogP contribution is -2.21. The van der Waals surface area contributed by atoms with Gasteiger partial charge in [-0.1, -0.05) is 35.9 Å². The molecule has 132 valence electrons. The van der Waals surface area contributed by atoms with Crippen molar-refractivity contribution in [3.63, 3.8) is 0 Å². The first kappa shape index (κ1) is 18.8. The Balaban J connectivity index is 1.69. The molecule has 2 aromatic rings. The van der Waals surface area contributed by atoms with E-state index in [1.165, 1.54) is 0 Å². The molecular formula is C19H20ClNO4. The minimum absolute atomic E-state index is 0.0674. The van der Waals surface area contributed by atoms with E-state index >= 15 is 0 Å². The predicted molar refractivity (Wildman–Crippen MR) is 97.1 cm³/mol. The summed E-state index contributed by atoms with van der Waals surface area (Å²) in [4.78, 5) is 23.5. The molecule has 1 amide bonds. The quantitative estimate of drug-likeness (QED) is 0.759. The van der Waals surface area contributed by atoms with Crippen LogP contribution >= 0.6 is 11.6 Å². The number of anilines is 1. The highest BCUT2D eigenvalue weighted by atomic mass is 35.5. The number of esters is 1. The van der Waals surface area contributed by atoms with Gasteiger partial charge in [0.25, 0.3) is 5.91 Å². The van der Waals surface area contributed by atoms with Crippen LogP contribution in [0.3, 0.4) is 0 Å². The summed E-state index contributed by atoms with van der Waals surface area (Å²) in [5.74, 6) is -0.192. The van der Waals surface area contributed by atoms with Crippen molar-refractivity contribution in [2.45, 2.75) is 20.3 Å². The van der Waals surface area contributed by atoms with Crippen LogP contribution in [-0.4, -0.2) is 25.1 Å². The third kappa shape index (κ3) is 6.12. The van der Waals surface area contributed by atoms with Gasteiger partial charge in [0.05, 0.1) is 13.0 Å². The first-order chi connectivity index (χ1) is 12.0. The third-order valence-electron chi connectivity index (χ3n) is 3.48. The van der Waals surface area contributed by atoms with Gasteiger partial charge in [0, 0.05) is 10.7 Å². The third-order valence-corrected chi connectivity index (χ3v) is 3.88. The van der Waals surface area contributed by atoms with Crippen molar-refractivity contribution < 1.29 is 19.1 Å². The van der Waals surface area contributed by atoms with Crippen LogP contribution in [0.15, 0.2) is 42.5 Å². The molecule has 2 aromatic carbocycles. The lowest BCUT2D eigenvalue weighted by molar-refractivity contribution is -0.147. The molecule has 0 bridgehead atoms. The van der Waals surface area contributed by atoms with E-state index in [1.807, 2.05) is 38.1 Å². The zero-order chi connectivity index (χ0) is 18.2. The molecule has 0 aliphatic rings. The summed E-state index contributed by atoms with van der Waals surface area (Å²) in [5.41, 5.74) is 2.46. The lowest BCUT2D eigenvalue weighted by atomic mass is 10.2. The van der Waals surface area contributed by atoms with Gasteiger partial charge < -0.3 is 14.8 Å². The maximum Gasteiger partial charge on any atom is 0.309 e. The van der Waals surface area contributed by atoms with Crippen molar-refractivity contribution in [3.8, 4) is 5.75 Å².